The van der Waals surface area contributed by atoms with Crippen molar-refractivity contribution in [2.24, 2.45) is 7.05 Å². The minimum atomic E-state index is 0.661. The summed E-state index contributed by atoms with van der Waals surface area (Å²) >= 11 is 0. The van der Waals surface area contributed by atoms with Crippen molar-refractivity contribution in [3.8, 4) is 0 Å². The summed E-state index contributed by atoms with van der Waals surface area (Å²) in [6, 6.07) is 11.5. The molecule has 0 radical (unpaired) electrons. The molecule has 0 bridgehead atoms. The molecular formula is C15H20N4. The SMILES string of the molecule is Cn1cnc(CCNC2CC(c3ccccc3)C2)n1. The van der Waals surface area contributed by atoms with Gasteiger partial charge in [-0.1, -0.05) is 30.3 Å². The Balaban J connectivity index is 1.38. The zero-order valence-corrected chi connectivity index (χ0v) is 11.3. The second-order valence-electron chi connectivity index (χ2n) is 5.31. The zero-order valence-electron chi connectivity index (χ0n) is 11.3. The molecule has 1 fully saturated rings. The van der Waals surface area contributed by atoms with E-state index < -0.39 is 0 Å². The molecule has 0 atom stereocenters. The standard InChI is InChI=1S/C15H20N4/c1-19-11-17-15(18-19)7-8-16-14-9-13(10-14)12-5-3-2-4-6-12/h2-6,11,13-14,16H,7-10H2,1H3. The van der Waals surface area contributed by atoms with E-state index in [2.05, 4.69) is 45.7 Å². The van der Waals surface area contributed by atoms with Crippen molar-refractivity contribution in [2.75, 3.05) is 6.54 Å². The average molecular weight is 256 g/mol. The Morgan fingerprint density at radius 2 is 2.05 bits per heavy atom. The van der Waals surface area contributed by atoms with E-state index >= 15 is 0 Å². The molecule has 3 rings (SSSR count). The first-order chi connectivity index (χ1) is 9.31. The summed E-state index contributed by atoms with van der Waals surface area (Å²) in [7, 11) is 1.90. The number of hydrogen-bond donors (Lipinski definition) is 1. The van der Waals surface area contributed by atoms with Crippen LogP contribution in [0.25, 0.3) is 0 Å². The predicted molar refractivity (Wildman–Crippen MR) is 74.9 cm³/mol. The lowest BCUT2D eigenvalue weighted by Crippen LogP contribution is -2.41. The van der Waals surface area contributed by atoms with Gasteiger partial charge < -0.3 is 5.32 Å². The third-order valence-electron chi connectivity index (χ3n) is 3.84. The number of benzene rings is 1. The lowest BCUT2D eigenvalue weighted by molar-refractivity contribution is 0.292. The predicted octanol–water partition coefficient (Wildman–Crippen LogP) is 1.89. The van der Waals surface area contributed by atoms with E-state index in [1.807, 2.05) is 7.05 Å². The molecule has 1 heterocycles. The van der Waals surface area contributed by atoms with Crippen LogP contribution in [0.1, 0.15) is 30.1 Å². The molecule has 0 spiro atoms. The van der Waals surface area contributed by atoms with E-state index in [0.717, 1.165) is 24.7 Å². The first-order valence-corrected chi connectivity index (χ1v) is 6.94. The highest BCUT2D eigenvalue weighted by atomic mass is 15.3. The van der Waals surface area contributed by atoms with Crippen molar-refractivity contribution in [2.45, 2.75) is 31.2 Å². The number of rotatable bonds is 5. The Morgan fingerprint density at radius 1 is 1.26 bits per heavy atom. The van der Waals surface area contributed by atoms with Gasteiger partial charge in [0.1, 0.15) is 6.33 Å². The minimum Gasteiger partial charge on any atom is -0.313 e. The van der Waals surface area contributed by atoms with Crippen LogP contribution in [-0.4, -0.2) is 27.4 Å². The van der Waals surface area contributed by atoms with Gasteiger partial charge in [0, 0.05) is 26.1 Å². The third-order valence-corrected chi connectivity index (χ3v) is 3.84. The Bertz CT molecular complexity index is 514. The number of aryl methyl sites for hydroxylation is 1. The largest absolute Gasteiger partial charge is 0.313 e. The normalized spacial score (nSPS) is 22.2. The van der Waals surface area contributed by atoms with Crippen molar-refractivity contribution < 1.29 is 0 Å². The van der Waals surface area contributed by atoms with Crippen molar-refractivity contribution >= 4 is 0 Å². The van der Waals surface area contributed by atoms with Gasteiger partial charge in [-0.15, -0.1) is 0 Å². The Hall–Kier alpha value is -1.68. The number of nitrogens with one attached hydrogen (secondary N) is 1. The summed E-state index contributed by atoms with van der Waals surface area (Å²) in [6.45, 7) is 0.968. The smallest absolute Gasteiger partial charge is 0.151 e. The summed E-state index contributed by atoms with van der Waals surface area (Å²) in [5.74, 6) is 1.67. The molecule has 0 saturated heterocycles. The quantitative estimate of drug-likeness (QED) is 0.888. The summed E-state index contributed by atoms with van der Waals surface area (Å²) in [5, 5.41) is 7.87. The molecule has 4 heteroatoms. The van der Waals surface area contributed by atoms with Crippen molar-refractivity contribution in [1.82, 2.24) is 20.1 Å². The van der Waals surface area contributed by atoms with Gasteiger partial charge in [-0.3, -0.25) is 4.68 Å². The van der Waals surface area contributed by atoms with Gasteiger partial charge in [-0.25, -0.2) is 4.98 Å². The van der Waals surface area contributed by atoms with Crippen LogP contribution in [0.4, 0.5) is 0 Å². The van der Waals surface area contributed by atoms with E-state index in [9.17, 15) is 0 Å². The summed E-state index contributed by atoms with van der Waals surface area (Å²) < 4.78 is 1.75. The van der Waals surface area contributed by atoms with Crippen LogP contribution in [0.3, 0.4) is 0 Å². The molecule has 19 heavy (non-hydrogen) atoms. The maximum atomic E-state index is 4.28. The summed E-state index contributed by atoms with van der Waals surface area (Å²) in [4.78, 5) is 4.23. The van der Waals surface area contributed by atoms with Crippen LogP contribution in [0, 0.1) is 0 Å². The zero-order chi connectivity index (χ0) is 13.1. The fourth-order valence-electron chi connectivity index (χ4n) is 2.67. The van der Waals surface area contributed by atoms with Gasteiger partial charge in [0.15, 0.2) is 5.82 Å². The van der Waals surface area contributed by atoms with Gasteiger partial charge in [0.25, 0.3) is 0 Å². The first-order valence-electron chi connectivity index (χ1n) is 6.94. The monoisotopic (exact) mass is 256 g/mol. The maximum absolute atomic E-state index is 4.28. The molecule has 0 aliphatic heterocycles. The van der Waals surface area contributed by atoms with Gasteiger partial charge in [0.2, 0.25) is 0 Å². The van der Waals surface area contributed by atoms with Crippen LogP contribution >= 0.6 is 0 Å². The second kappa shape index (κ2) is 5.53. The maximum Gasteiger partial charge on any atom is 0.151 e. The summed E-state index contributed by atoms with van der Waals surface area (Å²) in [5.41, 5.74) is 1.48. The Morgan fingerprint density at radius 3 is 2.74 bits per heavy atom. The van der Waals surface area contributed by atoms with Gasteiger partial charge >= 0.3 is 0 Å². The van der Waals surface area contributed by atoms with Crippen molar-refractivity contribution in [3.63, 3.8) is 0 Å². The van der Waals surface area contributed by atoms with E-state index in [-0.39, 0.29) is 0 Å². The summed E-state index contributed by atoms with van der Waals surface area (Å²) in [6.07, 6.45) is 5.16. The van der Waals surface area contributed by atoms with Gasteiger partial charge in [-0.05, 0) is 24.3 Å². The first kappa shape index (κ1) is 12.4. The fraction of sp³-hybridized carbons (Fsp3) is 0.467. The molecule has 1 aliphatic rings. The fourth-order valence-corrected chi connectivity index (χ4v) is 2.67. The molecule has 0 amide bonds. The van der Waals surface area contributed by atoms with E-state index in [1.54, 1.807) is 11.0 Å². The minimum absolute atomic E-state index is 0.661. The number of aromatic nitrogens is 3. The third kappa shape index (κ3) is 3.01. The molecule has 0 unspecified atom stereocenters. The molecule has 100 valence electrons. The molecule has 1 aromatic heterocycles. The van der Waals surface area contributed by atoms with E-state index in [1.165, 1.54) is 18.4 Å². The highest BCUT2D eigenvalue weighted by molar-refractivity contribution is 5.22. The molecule has 2 aromatic rings. The van der Waals surface area contributed by atoms with Crippen LogP contribution in [0.5, 0.6) is 0 Å². The lowest BCUT2D eigenvalue weighted by Gasteiger charge is -2.36. The van der Waals surface area contributed by atoms with Crippen molar-refractivity contribution in [1.29, 1.82) is 0 Å². The second-order valence-corrected chi connectivity index (χ2v) is 5.31. The lowest BCUT2D eigenvalue weighted by atomic mass is 9.76. The number of nitrogens with zero attached hydrogens (tertiary/aromatic N) is 3. The molecule has 1 N–H and O–H groups in total. The van der Waals surface area contributed by atoms with Crippen LogP contribution < -0.4 is 5.32 Å². The van der Waals surface area contributed by atoms with Crippen LogP contribution in [-0.2, 0) is 13.5 Å². The number of hydrogen-bond acceptors (Lipinski definition) is 3. The van der Waals surface area contributed by atoms with Gasteiger partial charge in [-0.2, -0.15) is 5.10 Å². The van der Waals surface area contributed by atoms with E-state index in [0.29, 0.717) is 6.04 Å². The molecule has 1 saturated carbocycles. The highest BCUT2D eigenvalue weighted by Crippen LogP contribution is 2.36. The van der Waals surface area contributed by atoms with Crippen LogP contribution in [0.15, 0.2) is 36.7 Å². The van der Waals surface area contributed by atoms with Crippen LogP contribution in [0.2, 0.25) is 0 Å². The Labute approximate surface area is 113 Å². The van der Waals surface area contributed by atoms with E-state index in [4.69, 9.17) is 0 Å². The van der Waals surface area contributed by atoms with Crippen molar-refractivity contribution in [3.05, 3.63) is 48.0 Å². The molecule has 1 aliphatic carbocycles. The molecule has 1 aromatic carbocycles. The molecule has 4 nitrogen and oxygen atoms in total. The highest BCUT2D eigenvalue weighted by Gasteiger charge is 2.29. The average Bonchev–Trinajstić information content (AvgIpc) is 2.79. The van der Waals surface area contributed by atoms with Gasteiger partial charge in [0.05, 0.1) is 0 Å². The topological polar surface area (TPSA) is 42.7 Å². The molecular weight excluding hydrogens is 236 g/mol. The Kier molecular flexibility index (Phi) is 3.60.